The number of hydrogen-bond acceptors (Lipinski definition) is 3. The lowest BCUT2D eigenvalue weighted by Gasteiger charge is -1.98. The van der Waals surface area contributed by atoms with Crippen LogP contribution in [0.4, 0.5) is 0 Å². The first-order chi connectivity index (χ1) is 9.18. The number of aromatic amines is 1. The van der Waals surface area contributed by atoms with Gasteiger partial charge in [0.1, 0.15) is 0 Å². The zero-order valence-corrected chi connectivity index (χ0v) is 10.5. The Balaban J connectivity index is 2.35. The number of carbonyl (C=O) groups excluding carboxylic acids is 1. The Morgan fingerprint density at radius 3 is 2.58 bits per heavy atom. The van der Waals surface area contributed by atoms with E-state index >= 15 is 0 Å². The number of thiophene rings is 1. The molecule has 0 radical (unpaired) electrons. The highest BCUT2D eigenvalue weighted by Gasteiger charge is 2.24. The van der Waals surface area contributed by atoms with Gasteiger partial charge in [0.2, 0.25) is 0 Å². The van der Waals surface area contributed by atoms with Crippen LogP contribution in [0.1, 0.15) is 10.4 Å². The van der Waals surface area contributed by atoms with Crippen LogP contribution in [-0.2, 0) is 4.79 Å². The second kappa shape index (κ2) is 4.37. The zero-order valence-electron chi connectivity index (χ0n) is 9.71. The van der Waals surface area contributed by atoms with Crippen molar-refractivity contribution in [1.82, 2.24) is 4.98 Å². The fourth-order valence-corrected chi connectivity index (χ4v) is 2.82. The Kier molecular flexibility index (Phi) is 2.68. The van der Waals surface area contributed by atoms with Crippen LogP contribution < -0.4 is 0 Å². The van der Waals surface area contributed by atoms with Crippen LogP contribution in [0.3, 0.4) is 0 Å². The molecule has 0 aliphatic heterocycles. The molecule has 0 spiro atoms. The topological polar surface area (TPSA) is 70.2 Å². The van der Waals surface area contributed by atoms with Gasteiger partial charge in [-0.25, -0.2) is 4.79 Å². The van der Waals surface area contributed by atoms with Gasteiger partial charge in [0, 0.05) is 10.9 Å². The number of hydrogen-bond donors (Lipinski definition) is 2. The molecule has 4 nitrogen and oxygen atoms in total. The lowest BCUT2D eigenvalue weighted by atomic mass is 10.1. The molecule has 1 aromatic carbocycles. The third-order valence-electron chi connectivity index (χ3n) is 2.89. The second-order valence-electron chi connectivity index (χ2n) is 4.03. The van der Waals surface area contributed by atoms with E-state index in [0.29, 0.717) is 11.1 Å². The summed E-state index contributed by atoms with van der Waals surface area (Å²) < 4.78 is 0. The monoisotopic (exact) mass is 271 g/mol. The molecule has 0 aliphatic rings. The number of Topliss-reactive ketones (excluding diaryl/α,β-unsaturated/α-hetero) is 1. The average molecular weight is 271 g/mol. The maximum absolute atomic E-state index is 11.9. The Bertz CT molecular complexity index is 771. The number of benzene rings is 1. The average Bonchev–Trinajstić information content (AvgIpc) is 3.04. The molecule has 3 aromatic rings. The van der Waals surface area contributed by atoms with Crippen molar-refractivity contribution in [1.29, 1.82) is 0 Å². The van der Waals surface area contributed by atoms with Crippen LogP contribution in [0.25, 0.3) is 21.5 Å². The Hall–Kier alpha value is -2.40. The fourth-order valence-electron chi connectivity index (χ4n) is 2.09. The molecule has 3 rings (SSSR count). The number of carboxylic acids is 1. The van der Waals surface area contributed by atoms with E-state index in [4.69, 9.17) is 5.11 Å². The third-order valence-corrected chi connectivity index (χ3v) is 3.78. The van der Waals surface area contributed by atoms with Gasteiger partial charge in [0.25, 0.3) is 5.78 Å². The van der Waals surface area contributed by atoms with Gasteiger partial charge >= 0.3 is 5.97 Å². The predicted octanol–water partition coefficient (Wildman–Crippen LogP) is 3.16. The van der Waals surface area contributed by atoms with Gasteiger partial charge in [-0.1, -0.05) is 24.3 Å². The summed E-state index contributed by atoms with van der Waals surface area (Å²) in [7, 11) is 0. The number of aromatic nitrogens is 1. The molecule has 2 N–H and O–H groups in total. The molecule has 0 fully saturated rings. The summed E-state index contributed by atoms with van der Waals surface area (Å²) in [6, 6.07) is 10.9. The molecule has 19 heavy (non-hydrogen) atoms. The lowest BCUT2D eigenvalue weighted by Crippen LogP contribution is -2.13. The van der Waals surface area contributed by atoms with Crippen molar-refractivity contribution in [3.8, 4) is 10.6 Å². The van der Waals surface area contributed by atoms with Crippen LogP contribution in [0, 0.1) is 0 Å². The second-order valence-corrected chi connectivity index (χ2v) is 4.98. The van der Waals surface area contributed by atoms with Gasteiger partial charge in [-0.05, 0) is 17.5 Å². The minimum Gasteiger partial charge on any atom is -0.475 e. The SMILES string of the molecule is O=C(O)C(=O)c1c(-c2cccs2)[nH]c2ccccc12. The van der Waals surface area contributed by atoms with Crippen molar-refractivity contribution in [2.24, 2.45) is 0 Å². The fraction of sp³-hybridized carbons (Fsp3) is 0. The van der Waals surface area contributed by atoms with Crippen molar-refractivity contribution in [3.63, 3.8) is 0 Å². The lowest BCUT2D eigenvalue weighted by molar-refractivity contribution is -0.131. The van der Waals surface area contributed by atoms with E-state index < -0.39 is 11.8 Å². The number of aliphatic carboxylic acids is 1. The smallest absolute Gasteiger partial charge is 0.377 e. The summed E-state index contributed by atoms with van der Waals surface area (Å²) in [5.41, 5.74) is 1.56. The van der Waals surface area contributed by atoms with Crippen LogP contribution >= 0.6 is 11.3 Å². The van der Waals surface area contributed by atoms with E-state index in [2.05, 4.69) is 4.98 Å². The summed E-state index contributed by atoms with van der Waals surface area (Å²) in [4.78, 5) is 26.9. The number of rotatable bonds is 3. The van der Waals surface area contributed by atoms with Crippen LogP contribution in [0.5, 0.6) is 0 Å². The maximum Gasteiger partial charge on any atom is 0.377 e. The first-order valence-electron chi connectivity index (χ1n) is 5.60. The van der Waals surface area contributed by atoms with Crippen LogP contribution in [0.15, 0.2) is 41.8 Å². The quantitative estimate of drug-likeness (QED) is 0.568. The van der Waals surface area contributed by atoms with Gasteiger partial charge in [-0.3, -0.25) is 4.79 Å². The van der Waals surface area contributed by atoms with E-state index in [1.807, 2.05) is 29.6 Å². The highest BCUT2D eigenvalue weighted by Crippen LogP contribution is 2.33. The summed E-state index contributed by atoms with van der Waals surface area (Å²) in [5, 5.41) is 11.5. The summed E-state index contributed by atoms with van der Waals surface area (Å²) in [6.45, 7) is 0. The highest BCUT2D eigenvalue weighted by molar-refractivity contribution is 7.13. The van der Waals surface area contributed by atoms with Crippen LogP contribution in [-0.4, -0.2) is 21.8 Å². The molecule has 2 heterocycles. The first kappa shape index (κ1) is 11.7. The van der Waals surface area contributed by atoms with Gasteiger partial charge in [-0.2, -0.15) is 0 Å². The van der Waals surface area contributed by atoms with Crippen molar-refractivity contribution < 1.29 is 14.7 Å². The number of carboxylic acid groups (broad SMARTS) is 1. The molecular formula is C14H9NO3S. The van der Waals surface area contributed by atoms with E-state index in [0.717, 1.165) is 10.4 Å². The Morgan fingerprint density at radius 1 is 1.11 bits per heavy atom. The molecular weight excluding hydrogens is 262 g/mol. The van der Waals surface area contributed by atoms with Gasteiger partial charge in [0.05, 0.1) is 16.1 Å². The van der Waals surface area contributed by atoms with Crippen molar-refractivity contribution >= 4 is 34.0 Å². The molecule has 0 atom stereocenters. The number of para-hydroxylation sites is 1. The molecule has 0 saturated carbocycles. The van der Waals surface area contributed by atoms with E-state index in [-0.39, 0.29) is 5.56 Å². The number of fused-ring (bicyclic) bond motifs is 1. The molecule has 94 valence electrons. The maximum atomic E-state index is 11.9. The van der Waals surface area contributed by atoms with Crippen molar-refractivity contribution in [2.75, 3.05) is 0 Å². The normalized spacial score (nSPS) is 10.7. The molecule has 0 amide bonds. The number of nitrogens with one attached hydrogen (secondary N) is 1. The Labute approximate surface area is 112 Å². The first-order valence-corrected chi connectivity index (χ1v) is 6.48. The Morgan fingerprint density at radius 2 is 1.89 bits per heavy atom. The van der Waals surface area contributed by atoms with E-state index in [1.54, 1.807) is 12.1 Å². The molecule has 0 saturated heterocycles. The zero-order chi connectivity index (χ0) is 13.4. The third kappa shape index (κ3) is 1.84. The summed E-state index contributed by atoms with van der Waals surface area (Å²) in [5.74, 6) is -2.33. The number of carbonyl (C=O) groups is 2. The predicted molar refractivity (Wildman–Crippen MR) is 73.6 cm³/mol. The molecule has 2 aromatic heterocycles. The van der Waals surface area contributed by atoms with Gasteiger partial charge < -0.3 is 10.1 Å². The van der Waals surface area contributed by atoms with Crippen molar-refractivity contribution in [3.05, 3.63) is 47.3 Å². The largest absolute Gasteiger partial charge is 0.475 e. The van der Waals surface area contributed by atoms with E-state index in [9.17, 15) is 9.59 Å². The highest BCUT2D eigenvalue weighted by atomic mass is 32.1. The van der Waals surface area contributed by atoms with Gasteiger partial charge in [-0.15, -0.1) is 11.3 Å². The minimum atomic E-state index is -1.44. The van der Waals surface area contributed by atoms with E-state index in [1.165, 1.54) is 11.3 Å². The van der Waals surface area contributed by atoms with Crippen LogP contribution in [0.2, 0.25) is 0 Å². The van der Waals surface area contributed by atoms with Crippen molar-refractivity contribution in [2.45, 2.75) is 0 Å². The number of H-pyrrole nitrogens is 1. The summed E-state index contributed by atoms with van der Waals surface area (Å²) in [6.07, 6.45) is 0. The minimum absolute atomic E-state index is 0.227. The number of ketones is 1. The standard InChI is InChI=1S/C14H9NO3S/c16-13(14(17)18)11-8-4-1-2-5-9(8)15-12(11)10-6-3-7-19-10/h1-7,15H,(H,17,18). The van der Waals surface area contributed by atoms with Gasteiger partial charge in [0.15, 0.2) is 0 Å². The molecule has 0 bridgehead atoms. The molecule has 5 heteroatoms. The summed E-state index contributed by atoms with van der Waals surface area (Å²) >= 11 is 1.46. The molecule has 0 unspecified atom stereocenters. The molecule has 0 aliphatic carbocycles.